The lowest BCUT2D eigenvalue weighted by Gasteiger charge is -2.49. The molecular formula is C19H26O2. The molecule has 0 radical (unpaired) electrons. The van der Waals surface area contributed by atoms with Crippen molar-refractivity contribution >= 4 is 5.78 Å². The first kappa shape index (κ1) is 14.6. The van der Waals surface area contributed by atoms with Crippen molar-refractivity contribution in [1.29, 1.82) is 0 Å². The zero-order valence-electron chi connectivity index (χ0n) is 13.6. The molecule has 2 aliphatic rings. The van der Waals surface area contributed by atoms with Gasteiger partial charge in [0, 0.05) is 12.0 Å². The Kier molecular flexibility index (Phi) is 3.38. The lowest BCUT2D eigenvalue weighted by Crippen LogP contribution is -2.45. The maximum atomic E-state index is 12.6. The summed E-state index contributed by atoms with van der Waals surface area (Å²) in [7, 11) is 0. The summed E-state index contributed by atoms with van der Waals surface area (Å²) < 4.78 is 0. The van der Waals surface area contributed by atoms with E-state index < -0.39 is 0 Å². The average Bonchev–Trinajstić information content (AvgIpc) is 2.41. The number of Topliss-reactive ketones (excluding diaryl/α,β-unsaturated/α-hetero) is 1. The number of benzene rings is 1. The number of fused-ring (bicyclic) bond motifs is 3. The number of aromatic hydroxyl groups is 1. The second-order valence-corrected chi connectivity index (χ2v) is 7.63. The van der Waals surface area contributed by atoms with Gasteiger partial charge in [0.05, 0.1) is 0 Å². The van der Waals surface area contributed by atoms with E-state index in [0.29, 0.717) is 18.3 Å². The van der Waals surface area contributed by atoms with Crippen LogP contribution < -0.4 is 0 Å². The van der Waals surface area contributed by atoms with E-state index in [2.05, 4.69) is 33.8 Å². The molecule has 2 aliphatic carbocycles. The molecule has 0 spiro atoms. The standard InChI is InChI=1S/C19H26O2/c1-11(2)13-8-16-14(9-17(13)20)18(21)10-15-12(3)6-5-7-19(15,16)4/h8-9,11-12,15,20H,5-7,10H2,1-4H3/t12-,15?,19?/m0/s1. The quantitative estimate of drug-likeness (QED) is 0.805. The summed E-state index contributed by atoms with van der Waals surface area (Å²) in [5.74, 6) is 1.83. The Hall–Kier alpha value is -1.31. The average molecular weight is 286 g/mol. The first-order valence-corrected chi connectivity index (χ1v) is 8.25. The Morgan fingerprint density at radius 1 is 1.33 bits per heavy atom. The maximum absolute atomic E-state index is 12.6. The summed E-state index contributed by atoms with van der Waals surface area (Å²) >= 11 is 0. The summed E-state index contributed by atoms with van der Waals surface area (Å²) in [5, 5.41) is 10.2. The fourth-order valence-electron chi connectivity index (χ4n) is 4.65. The highest BCUT2D eigenvalue weighted by molar-refractivity contribution is 6.00. The number of carbonyl (C=O) groups is 1. The molecule has 1 N–H and O–H groups in total. The van der Waals surface area contributed by atoms with Gasteiger partial charge in [0.15, 0.2) is 5.78 Å². The van der Waals surface area contributed by atoms with E-state index in [1.54, 1.807) is 6.07 Å². The molecule has 114 valence electrons. The smallest absolute Gasteiger partial charge is 0.163 e. The van der Waals surface area contributed by atoms with Crippen molar-refractivity contribution in [2.45, 2.75) is 64.7 Å². The van der Waals surface area contributed by atoms with E-state index in [4.69, 9.17) is 0 Å². The highest BCUT2D eigenvalue weighted by Gasteiger charge is 2.47. The maximum Gasteiger partial charge on any atom is 0.163 e. The van der Waals surface area contributed by atoms with Crippen molar-refractivity contribution < 1.29 is 9.90 Å². The molecule has 2 heteroatoms. The molecule has 1 aromatic carbocycles. The fraction of sp³-hybridized carbons (Fsp3) is 0.632. The number of hydrogen-bond donors (Lipinski definition) is 1. The van der Waals surface area contributed by atoms with Crippen molar-refractivity contribution in [1.82, 2.24) is 0 Å². The Labute approximate surface area is 127 Å². The van der Waals surface area contributed by atoms with Gasteiger partial charge in [-0.25, -0.2) is 0 Å². The molecule has 21 heavy (non-hydrogen) atoms. The molecule has 0 aliphatic heterocycles. The van der Waals surface area contributed by atoms with Crippen LogP contribution in [0.5, 0.6) is 5.75 Å². The predicted octanol–water partition coefficient (Wildman–Crippen LogP) is 4.80. The summed E-state index contributed by atoms with van der Waals surface area (Å²) in [6, 6.07) is 3.85. The van der Waals surface area contributed by atoms with Crippen LogP contribution in [0.4, 0.5) is 0 Å². The Balaban J connectivity index is 2.20. The van der Waals surface area contributed by atoms with Gasteiger partial charge in [-0.15, -0.1) is 0 Å². The normalized spacial score (nSPS) is 32.0. The van der Waals surface area contributed by atoms with Crippen LogP contribution in [0.1, 0.15) is 80.8 Å². The highest BCUT2D eigenvalue weighted by atomic mass is 16.3. The topological polar surface area (TPSA) is 37.3 Å². The molecule has 0 heterocycles. The van der Waals surface area contributed by atoms with Crippen molar-refractivity contribution in [2.24, 2.45) is 11.8 Å². The van der Waals surface area contributed by atoms with Gasteiger partial charge in [0.2, 0.25) is 0 Å². The minimum Gasteiger partial charge on any atom is -0.508 e. The van der Waals surface area contributed by atoms with Crippen LogP contribution in [-0.4, -0.2) is 10.9 Å². The molecular weight excluding hydrogens is 260 g/mol. The number of phenols is 1. The number of ketones is 1. The molecule has 1 aromatic rings. The Bertz CT molecular complexity index is 587. The third-order valence-corrected chi connectivity index (χ3v) is 5.97. The van der Waals surface area contributed by atoms with Crippen molar-refractivity contribution in [3.63, 3.8) is 0 Å². The van der Waals surface area contributed by atoms with Crippen LogP contribution in [0.25, 0.3) is 0 Å². The molecule has 1 saturated carbocycles. The molecule has 0 saturated heterocycles. The minimum absolute atomic E-state index is 0.0955. The van der Waals surface area contributed by atoms with E-state index >= 15 is 0 Å². The second kappa shape index (κ2) is 4.86. The first-order valence-electron chi connectivity index (χ1n) is 8.25. The van der Waals surface area contributed by atoms with E-state index in [-0.39, 0.29) is 22.9 Å². The molecule has 3 rings (SSSR count). The Morgan fingerprint density at radius 2 is 2.05 bits per heavy atom. The monoisotopic (exact) mass is 286 g/mol. The number of rotatable bonds is 1. The lowest BCUT2D eigenvalue weighted by atomic mass is 9.54. The third kappa shape index (κ3) is 2.11. The summed E-state index contributed by atoms with van der Waals surface area (Å²) in [6.07, 6.45) is 4.27. The van der Waals surface area contributed by atoms with Gasteiger partial charge in [-0.05, 0) is 46.8 Å². The number of carbonyl (C=O) groups excluding carboxylic acids is 1. The van der Waals surface area contributed by atoms with Crippen LogP contribution in [0, 0.1) is 11.8 Å². The largest absolute Gasteiger partial charge is 0.508 e. The molecule has 0 bridgehead atoms. The number of phenolic OH excluding ortho intramolecular Hbond substituents is 1. The van der Waals surface area contributed by atoms with E-state index in [1.807, 2.05) is 0 Å². The van der Waals surface area contributed by atoms with Crippen molar-refractivity contribution in [3.8, 4) is 5.75 Å². The van der Waals surface area contributed by atoms with E-state index in [1.165, 1.54) is 18.4 Å². The SMILES string of the molecule is CC(C)c1cc2c(cc1O)C(=O)CC1[C@@H](C)CCCC21C. The molecule has 2 nitrogen and oxygen atoms in total. The summed E-state index contributed by atoms with van der Waals surface area (Å²) in [5.41, 5.74) is 3.03. The molecule has 2 unspecified atom stereocenters. The zero-order chi connectivity index (χ0) is 15.4. The Morgan fingerprint density at radius 3 is 2.71 bits per heavy atom. The van der Waals surface area contributed by atoms with Crippen LogP contribution in [0.2, 0.25) is 0 Å². The van der Waals surface area contributed by atoms with Crippen LogP contribution >= 0.6 is 0 Å². The third-order valence-electron chi connectivity index (χ3n) is 5.97. The van der Waals surface area contributed by atoms with Gasteiger partial charge in [0.25, 0.3) is 0 Å². The molecule has 0 amide bonds. The van der Waals surface area contributed by atoms with Gasteiger partial charge in [-0.1, -0.05) is 46.6 Å². The van der Waals surface area contributed by atoms with Gasteiger partial charge < -0.3 is 5.11 Å². The van der Waals surface area contributed by atoms with Gasteiger partial charge in [-0.3, -0.25) is 4.79 Å². The van der Waals surface area contributed by atoms with Crippen LogP contribution in [0.15, 0.2) is 12.1 Å². The van der Waals surface area contributed by atoms with E-state index in [9.17, 15) is 9.90 Å². The summed E-state index contributed by atoms with van der Waals surface area (Å²) in [6.45, 7) is 8.81. The van der Waals surface area contributed by atoms with Crippen molar-refractivity contribution in [2.75, 3.05) is 0 Å². The lowest BCUT2D eigenvalue weighted by molar-refractivity contribution is 0.0755. The highest BCUT2D eigenvalue weighted by Crippen LogP contribution is 2.53. The first-order chi connectivity index (χ1) is 9.84. The molecule has 0 aromatic heterocycles. The molecule has 3 atom stereocenters. The van der Waals surface area contributed by atoms with Gasteiger partial charge >= 0.3 is 0 Å². The van der Waals surface area contributed by atoms with E-state index in [0.717, 1.165) is 17.5 Å². The fourth-order valence-corrected chi connectivity index (χ4v) is 4.65. The zero-order valence-corrected chi connectivity index (χ0v) is 13.6. The number of hydrogen-bond acceptors (Lipinski definition) is 2. The van der Waals surface area contributed by atoms with Crippen LogP contribution in [0.3, 0.4) is 0 Å². The predicted molar refractivity (Wildman–Crippen MR) is 85.0 cm³/mol. The van der Waals surface area contributed by atoms with Crippen LogP contribution in [-0.2, 0) is 5.41 Å². The van der Waals surface area contributed by atoms with Crippen molar-refractivity contribution in [3.05, 3.63) is 28.8 Å². The second-order valence-electron chi connectivity index (χ2n) is 7.63. The van der Waals surface area contributed by atoms with Gasteiger partial charge in [-0.2, -0.15) is 0 Å². The minimum atomic E-state index is 0.0955. The van der Waals surface area contributed by atoms with Gasteiger partial charge in [0.1, 0.15) is 5.75 Å². The summed E-state index contributed by atoms with van der Waals surface area (Å²) in [4.78, 5) is 12.6. The molecule has 1 fully saturated rings.